The minimum Gasteiger partial charge on any atom is -0.341 e. The fraction of sp³-hybridized carbons (Fsp3) is 0.651. The molecule has 0 fully saturated rings. The lowest BCUT2D eigenvalue weighted by Gasteiger charge is -2.27. The summed E-state index contributed by atoms with van der Waals surface area (Å²) in [5, 5.41) is 0. The van der Waals surface area contributed by atoms with Gasteiger partial charge in [-0.05, 0) is 206 Å². The predicted octanol–water partition coefficient (Wildman–Crippen LogP) is 28.5. The molecule has 3 aromatic heterocycles. The molecule has 0 unspecified atom stereocenters. The summed E-state index contributed by atoms with van der Waals surface area (Å²) in [7, 11) is 1.88. The lowest BCUT2D eigenvalue weighted by Crippen LogP contribution is -2.34. The lowest BCUT2D eigenvalue weighted by atomic mass is 9.86. The van der Waals surface area contributed by atoms with Gasteiger partial charge < -0.3 is 4.90 Å². The second-order valence-electron chi connectivity index (χ2n) is 49.0. The van der Waals surface area contributed by atoms with Crippen molar-refractivity contribution in [3.8, 4) is 0 Å². The molecule has 6 aromatic rings. The van der Waals surface area contributed by atoms with Crippen LogP contribution >= 0.6 is 0 Å². The first-order valence-corrected chi connectivity index (χ1v) is 45.1. The van der Waals surface area contributed by atoms with Crippen molar-refractivity contribution in [2.75, 3.05) is 13.6 Å². The van der Waals surface area contributed by atoms with E-state index in [1.54, 1.807) is 6.20 Å². The second kappa shape index (κ2) is 48.8. The van der Waals surface area contributed by atoms with Crippen LogP contribution in [0.5, 0.6) is 0 Å². The zero-order valence-electron chi connectivity index (χ0n) is 83.8. The zero-order valence-corrected chi connectivity index (χ0v) is 83.8. The van der Waals surface area contributed by atoms with Gasteiger partial charge in [-0.1, -0.05) is 316 Å². The molecule has 0 radical (unpaired) electrons. The monoisotopic (exact) mass is 1650 g/mol. The molecule has 0 atom stereocenters. The molecule has 0 spiro atoms. The lowest BCUT2D eigenvalue weighted by molar-refractivity contribution is -0.121. The number of carbonyl (C=O) groups excluding carboxylic acids is 6. The molecular weight excluding hydrogens is 1480 g/mol. The molecule has 0 aliphatic rings. The van der Waals surface area contributed by atoms with E-state index < -0.39 is 0 Å². The first-order chi connectivity index (χ1) is 54.2. The summed E-state index contributed by atoms with van der Waals surface area (Å²) in [4.78, 5) is 92.4. The Bertz CT molecular complexity index is 3860. The van der Waals surface area contributed by atoms with E-state index in [-0.39, 0.29) is 71.3 Å². The van der Waals surface area contributed by atoms with Gasteiger partial charge in [0.25, 0.3) is 5.91 Å². The van der Waals surface area contributed by atoms with Gasteiger partial charge in [0, 0.05) is 124 Å². The van der Waals surface area contributed by atoms with Crippen LogP contribution in [0, 0.1) is 65.0 Å². The fourth-order valence-corrected chi connectivity index (χ4v) is 13.6. The van der Waals surface area contributed by atoms with Gasteiger partial charge in [-0.3, -0.25) is 38.7 Å². The van der Waals surface area contributed by atoms with Crippen LogP contribution in [0.3, 0.4) is 0 Å². The number of rotatable bonds is 28. The number of aryl methyl sites for hydroxylation is 4. The van der Waals surface area contributed by atoms with E-state index in [9.17, 15) is 28.8 Å². The number of amides is 1. The molecule has 0 bridgehead atoms. The summed E-state index contributed by atoms with van der Waals surface area (Å²) < 4.78 is 0. The number of ketones is 5. The molecule has 3 aromatic carbocycles. The van der Waals surface area contributed by atoms with Crippen molar-refractivity contribution >= 4 is 34.8 Å². The average Bonchev–Trinajstić information content (AvgIpc) is 0.849. The highest BCUT2D eigenvalue weighted by Gasteiger charge is 2.25. The number of hydrogen-bond acceptors (Lipinski definition) is 10. The van der Waals surface area contributed by atoms with E-state index in [0.717, 1.165) is 123 Å². The molecule has 0 aliphatic heterocycles. The maximum atomic E-state index is 12.5. The summed E-state index contributed by atoms with van der Waals surface area (Å²) >= 11 is 0. The molecule has 6 rings (SSSR count). The van der Waals surface area contributed by atoms with Crippen molar-refractivity contribution in [3.05, 3.63) is 189 Å². The number of carbonyl (C=O) groups is 6. The molecule has 0 saturated heterocycles. The number of aromatic nitrogens is 4. The molecule has 1 amide bonds. The highest BCUT2D eigenvalue weighted by atomic mass is 16.2. The van der Waals surface area contributed by atoms with Crippen molar-refractivity contribution < 1.29 is 28.8 Å². The maximum Gasteiger partial charge on any atom is 0.253 e. The van der Waals surface area contributed by atoms with Crippen LogP contribution in [0.4, 0.5) is 0 Å². The quantitative estimate of drug-likeness (QED) is 0.0433. The van der Waals surface area contributed by atoms with Crippen molar-refractivity contribution in [3.63, 3.8) is 0 Å². The summed E-state index contributed by atoms with van der Waals surface area (Å²) in [6.45, 7) is 79.2. The van der Waals surface area contributed by atoms with Crippen LogP contribution in [0.15, 0.2) is 121 Å². The minimum absolute atomic E-state index is 0.0615. The standard InChI is InChI=1S/C19H31NO.C19H30O.2C18H29NO.C18H28O.C17H28N2O/c1-18(2,3)13-12-17(21)11-10-15-8-7-9-16(20-15)14-19(4,5)6;1-18(2,3)13-16-9-7-8-15(12-16)10-11-17(20)14-19(4,5)6;1-17(2,3)12-14-9-8-10-15(11-14)16(20)19(7)13-18(4,5)6;1-17(2,3)12-15-9-7-8-14(19-15)10-11-16(20)13-18(4,5)6;1-17(2,3)11-10-16(19)15-9-7-8-14(12-15)13-18(4,5)6;1-16(2,3)11-13-9-10-18-15(19-13)8-7-14(20)12-17(4,5)6/h7-9H,10-14H2,1-6H3;7-9,12H,10-11,13-14H2,1-6H3;8-11H,12-13H2,1-7H3;7-9H,10-13H2,1-6H3;7-9,12H,10-11,13H2,1-6H3;9-10H,7-8,11-12H2,1-6H3. The molecule has 0 N–H and O–H groups in total. The van der Waals surface area contributed by atoms with Gasteiger partial charge in [0.2, 0.25) is 0 Å². The van der Waals surface area contributed by atoms with Crippen LogP contribution < -0.4 is 0 Å². The normalized spacial score (nSPS) is 12.5. The van der Waals surface area contributed by atoms with E-state index in [4.69, 9.17) is 0 Å². The molecule has 120 heavy (non-hydrogen) atoms. The van der Waals surface area contributed by atoms with Gasteiger partial charge in [0.1, 0.15) is 29.0 Å². The number of hydrogen-bond donors (Lipinski definition) is 0. The van der Waals surface area contributed by atoms with Crippen LogP contribution in [0.1, 0.15) is 397 Å². The third-order valence-corrected chi connectivity index (χ3v) is 18.4. The van der Waals surface area contributed by atoms with Crippen molar-refractivity contribution in [1.29, 1.82) is 0 Å². The van der Waals surface area contributed by atoms with Crippen molar-refractivity contribution in [2.24, 2.45) is 65.0 Å². The van der Waals surface area contributed by atoms with Gasteiger partial charge in [-0.25, -0.2) is 9.97 Å². The van der Waals surface area contributed by atoms with Crippen LogP contribution in [-0.2, 0) is 83.4 Å². The molecule has 11 heteroatoms. The predicted molar refractivity (Wildman–Crippen MR) is 512 cm³/mol. The van der Waals surface area contributed by atoms with Gasteiger partial charge in [-0.2, -0.15) is 0 Å². The van der Waals surface area contributed by atoms with Gasteiger partial charge in [0.15, 0.2) is 5.78 Å². The topological polar surface area (TPSA) is 157 Å². The maximum absolute atomic E-state index is 12.5. The fourth-order valence-electron chi connectivity index (χ4n) is 13.6. The molecule has 0 saturated carbocycles. The van der Waals surface area contributed by atoms with Crippen molar-refractivity contribution in [2.45, 2.75) is 384 Å². The van der Waals surface area contributed by atoms with Crippen LogP contribution in [-0.4, -0.2) is 73.3 Å². The van der Waals surface area contributed by atoms with E-state index in [2.05, 4.69) is 336 Å². The molecule has 11 nitrogen and oxygen atoms in total. The summed E-state index contributed by atoms with van der Waals surface area (Å²) in [5.74, 6) is 2.52. The van der Waals surface area contributed by atoms with E-state index in [1.807, 2.05) is 60.5 Å². The number of benzene rings is 3. The number of Topliss-reactive ketones (excluding diaryl/α,β-unsaturated/α-hetero) is 5. The average molecular weight is 1650 g/mol. The minimum atomic E-state index is 0.0615. The van der Waals surface area contributed by atoms with Gasteiger partial charge in [0.05, 0.1) is 0 Å². The molecular formula is C109H175N5O6. The Hall–Kier alpha value is -7.14. The Kier molecular flexibility index (Phi) is 45.1. The van der Waals surface area contributed by atoms with E-state index in [0.29, 0.717) is 92.8 Å². The Labute approximate surface area is 735 Å². The Morgan fingerprint density at radius 1 is 0.275 bits per heavy atom. The smallest absolute Gasteiger partial charge is 0.253 e. The van der Waals surface area contributed by atoms with Gasteiger partial charge >= 0.3 is 0 Å². The highest BCUT2D eigenvalue weighted by molar-refractivity contribution is 5.96. The second-order valence-corrected chi connectivity index (χ2v) is 49.0. The zero-order chi connectivity index (χ0) is 92.5. The molecule has 3 heterocycles. The molecule has 672 valence electrons. The van der Waals surface area contributed by atoms with E-state index >= 15 is 0 Å². The Morgan fingerprint density at radius 3 is 0.975 bits per heavy atom. The third-order valence-electron chi connectivity index (χ3n) is 18.4. The third kappa shape index (κ3) is 62.0. The summed E-state index contributed by atoms with van der Waals surface area (Å²) in [6.07, 6.45) is 18.4. The van der Waals surface area contributed by atoms with Crippen molar-refractivity contribution in [1.82, 2.24) is 24.8 Å². The highest BCUT2D eigenvalue weighted by Crippen LogP contribution is 2.31. The Balaban J connectivity index is 0.000000720. The van der Waals surface area contributed by atoms with E-state index in [1.165, 1.54) is 22.3 Å². The SMILES string of the molecule is CC(C)(C)CC(=O)CCc1cccc(CC(C)(C)C)c1.CC(C)(C)CC(=O)CCc1cccc(CC(C)(C)C)n1.CC(C)(C)CC(=O)CCc1nccc(CC(C)(C)C)n1.CC(C)(C)CCC(=O)CCc1cccc(CC(C)(C)C)n1.CC(C)(C)CCC(=O)c1cccc(CC(C)(C)C)c1.CN(CC(C)(C)C)C(=O)c1cccc(CC(C)(C)C)c1. The first kappa shape index (κ1) is 111. The van der Waals surface area contributed by atoms with Crippen LogP contribution in [0.25, 0.3) is 0 Å². The van der Waals surface area contributed by atoms with Crippen LogP contribution in [0.2, 0.25) is 0 Å². The number of nitrogens with zero attached hydrogens (tertiary/aromatic N) is 5. The van der Waals surface area contributed by atoms with Gasteiger partial charge in [-0.15, -0.1) is 0 Å². The first-order valence-electron chi connectivity index (χ1n) is 45.1. The Morgan fingerprint density at radius 2 is 0.592 bits per heavy atom. The summed E-state index contributed by atoms with van der Waals surface area (Å²) in [6, 6.07) is 39.1. The largest absolute Gasteiger partial charge is 0.341 e. The molecule has 0 aliphatic carbocycles. The number of pyridine rings is 2. The summed E-state index contributed by atoms with van der Waals surface area (Å²) in [5.41, 5.74) is 14.5.